The summed E-state index contributed by atoms with van der Waals surface area (Å²) in [7, 11) is 1.64. The van der Waals surface area contributed by atoms with Gasteiger partial charge in [-0.15, -0.1) is 0 Å². The zero-order valence-corrected chi connectivity index (χ0v) is 11.1. The molecule has 0 spiro atoms. The third kappa shape index (κ3) is 4.37. The fraction of sp³-hybridized carbons (Fsp3) is 0.500. The summed E-state index contributed by atoms with van der Waals surface area (Å²) in [5.41, 5.74) is 7.05. The molecule has 1 aromatic carbocycles. The van der Waals surface area contributed by atoms with Gasteiger partial charge >= 0.3 is 0 Å². The summed E-state index contributed by atoms with van der Waals surface area (Å²) in [4.78, 5) is 11.1. The van der Waals surface area contributed by atoms with Crippen molar-refractivity contribution in [3.63, 3.8) is 0 Å². The van der Waals surface area contributed by atoms with Crippen LogP contribution in [-0.2, 0) is 4.79 Å². The van der Waals surface area contributed by atoms with Gasteiger partial charge in [0.2, 0.25) is 5.91 Å². The number of ether oxygens (including phenoxy) is 1. The van der Waals surface area contributed by atoms with E-state index in [-0.39, 0.29) is 11.9 Å². The van der Waals surface area contributed by atoms with Crippen molar-refractivity contribution in [2.24, 2.45) is 5.73 Å². The number of carbonyl (C=O) groups is 1. The molecule has 0 aliphatic heterocycles. The molecule has 100 valence electrons. The summed E-state index contributed by atoms with van der Waals surface area (Å²) < 4.78 is 5.70. The summed E-state index contributed by atoms with van der Waals surface area (Å²) in [5.74, 6) is 0.862. The highest BCUT2D eigenvalue weighted by atomic mass is 16.5. The molecule has 3 N–H and O–H groups in total. The van der Waals surface area contributed by atoms with Crippen molar-refractivity contribution in [2.45, 2.75) is 32.2 Å². The monoisotopic (exact) mass is 250 g/mol. The molecule has 0 aromatic heterocycles. The van der Waals surface area contributed by atoms with Crippen LogP contribution in [0.3, 0.4) is 0 Å². The summed E-state index contributed by atoms with van der Waals surface area (Å²) in [6.45, 7) is 2.58. The van der Waals surface area contributed by atoms with E-state index in [0.29, 0.717) is 19.4 Å². The number of amides is 1. The van der Waals surface area contributed by atoms with Crippen LogP contribution in [0.15, 0.2) is 24.3 Å². The van der Waals surface area contributed by atoms with E-state index in [4.69, 9.17) is 10.5 Å². The number of rotatable bonds is 7. The van der Waals surface area contributed by atoms with Crippen LogP contribution in [0.2, 0.25) is 0 Å². The van der Waals surface area contributed by atoms with Crippen molar-refractivity contribution in [3.8, 4) is 5.75 Å². The molecule has 1 rings (SSSR count). The van der Waals surface area contributed by atoms with Crippen molar-refractivity contribution in [1.82, 2.24) is 5.32 Å². The van der Waals surface area contributed by atoms with Crippen LogP contribution in [-0.4, -0.2) is 19.6 Å². The summed E-state index contributed by atoms with van der Waals surface area (Å²) >= 11 is 0. The number of hydrogen-bond donors (Lipinski definition) is 2. The van der Waals surface area contributed by atoms with Gasteiger partial charge in [0.05, 0.1) is 6.61 Å². The minimum atomic E-state index is 0.000130. The highest BCUT2D eigenvalue weighted by Gasteiger charge is 2.09. The third-order valence-corrected chi connectivity index (χ3v) is 2.84. The first-order chi connectivity index (χ1) is 8.69. The zero-order valence-electron chi connectivity index (χ0n) is 11.1. The molecule has 0 saturated heterocycles. The predicted molar refractivity (Wildman–Crippen MR) is 72.5 cm³/mol. The molecule has 0 aliphatic rings. The van der Waals surface area contributed by atoms with Crippen LogP contribution in [0, 0.1) is 0 Å². The number of hydrogen-bond acceptors (Lipinski definition) is 3. The van der Waals surface area contributed by atoms with Gasteiger partial charge in [0.1, 0.15) is 5.75 Å². The Hall–Kier alpha value is -1.55. The Morgan fingerprint density at radius 1 is 1.44 bits per heavy atom. The first-order valence-electron chi connectivity index (χ1n) is 6.37. The maximum Gasteiger partial charge on any atom is 0.219 e. The van der Waals surface area contributed by atoms with Crippen molar-refractivity contribution < 1.29 is 9.53 Å². The van der Waals surface area contributed by atoms with Crippen molar-refractivity contribution >= 4 is 5.91 Å². The van der Waals surface area contributed by atoms with Crippen LogP contribution < -0.4 is 15.8 Å². The van der Waals surface area contributed by atoms with Gasteiger partial charge in [0.15, 0.2) is 0 Å². The van der Waals surface area contributed by atoms with Crippen molar-refractivity contribution in [2.75, 3.05) is 13.7 Å². The average molecular weight is 250 g/mol. The van der Waals surface area contributed by atoms with E-state index in [9.17, 15) is 4.79 Å². The Morgan fingerprint density at radius 2 is 2.17 bits per heavy atom. The Balaban J connectivity index is 2.49. The second-order valence-electron chi connectivity index (χ2n) is 4.18. The second-order valence-corrected chi connectivity index (χ2v) is 4.18. The molecule has 0 radical (unpaired) electrons. The topological polar surface area (TPSA) is 64.3 Å². The lowest BCUT2D eigenvalue weighted by atomic mass is 10.0. The van der Waals surface area contributed by atoms with Crippen LogP contribution in [0.25, 0.3) is 0 Å². The first-order valence-corrected chi connectivity index (χ1v) is 6.37. The van der Waals surface area contributed by atoms with Gasteiger partial charge in [0, 0.05) is 25.1 Å². The lowest BCUT2D eigenvalue weighted by Gasteiger charge is -2.15. The molecule has 0 aliphatic carbocycles. The molecular formula is C14H22N2O2. The molecule has 1 atom stereocenters. The van der Waals surface area contributed by atoms with E-state index in [1.807, 2.05) is 31.2 Å². The molecule has 1 aromatic rings. The molecule has 0 unspecified atom stereocenters. The van der Waals surface area contributed by atoms with Gasteiger partial charge in [-0.2, -0.15) is 0 Å². The van der Waals surface area contributed by atoms with Gasteiger partial charge in [0.25, 0.3) is 0 Å². The molecule has 4 heteroatoms. The van der Waals surface area contributed by atoms with Crippen LogP contribution in [0.4, 0.5) is 0 Å². The van der Waals surface area contributed by atoms with Gasteiger partial charge in [-0.25, -0.2) is 0 Å². The second kappa shape index (κ2) is 7.71. The summed E-state index contributed by atoms with van der Waals surface area (Å²) in [6.07, 6.45) is 2.06. The molecule has 0 heterocycles. The normalized spacial score (nSPS) is 11.9. The first kappa shape index (κ1) is 14.5. The van der Waals surface area contributed by atoms with E-state index in [2.05, 4.69) is 5.32 Å². The fourth-order valence-electron chi connectivity index (χ4n) is 1.68. The number of benzene rings is 1. The molecule has 4 nitrogen and oxygen atoms in total. The average Bonchev–Trinajstić information content (AvgIpc) is 2.42. The van der Waals surface area contributed by atoms with Gasteiger partial charge in [-0.05, 0) is 18.9 Å². The lowest BCUT2D eigenvalue weighted by Crippen LogP contribution is -2.18. The van der Waals surface area contributed by atoms with E-state index >= 15 is 0 Å². The molecule has 0 bridgehead atoms. The van der Waals surface area contributed by atoms with Gasteiger partial charge in [-0.3, -0.25) is 4.79 Å². The maximum atomic E-state index is 11.1. The zero-order chi connectivity index (χ0) is 13.4. The van der Waals surface area contributed by atoms with Crippen LogP contribution in [0.1, 0.15) is 37.8 Å². The third-order valence-electron chi connectivity index (χ3n) is 2.84. The van der Waals surface area contributed by atoms with E-state index in [1.165, 1.54) is 0 Å². The van der Waals surface area contributed by atoms with Crippen molar-refractivity contribution in [1.29, 1.82) is 0 Å². The molecule has 1 amide bonds. The minimum absolute atomic E-state index is 0.000130. The lowest BCUT2D eigenvalue weighted by molar-refractivity contribution is -0.120. The molecule has 0 fully saturated rings. The molecule has 18 heavy (non-hydrogen) atoms. The SMILES string of the molecule is CC[C@@H](N)c1ccccc1OCCCC(=O)NC. The Labute approximate surface area is 109 Å². The number of carbonyl (C=O) groups excluding carboxylic acids is 1. The highest BCUT2D eigenvalue weighted by Crippen LogP contribution is 2.25. The van der Waals surface area contributed by atoms with E-state index in [1.54, 1.807) is 7.05 Å². The fourth-order valence-corrected chi connectivity index (χ4v) is 1.68. The Morgan fingerprint density at radius 3 is 2.83 bits per heavy atom. The Bertz CT molecular complexity index is 380. The number of para-hydroxylation sites is 1. The van der Waals surface area contributed by atoms with Gasteiger partial charge < -0.3 is 15.8 Å². The Kier molecular flexibility index (Phi) is 6.22. The number of nitrogens with one attached hydrogen (secondary N) is 1. The smallest absolute Gasteiger partial charge is 0.219 e. The van der Waals surface area contributed by atoms with E-state index in [0.717, 1.165) is 17.7 Å². The van der Waals surface area contributed by atoms with Gasteiger partial charge in [-0.1, -0.05) is 25.1 Å². The maximum absolute atomic E-state index is 11.1. The minimum Gasteiger partial charge on any atom is -0.493 e. The van der Waals surface area contributed by atoms with Crippen molar-refractivity contribution in [3.05, 3.63) is 29.8 Å². The summed E-state index contributed by atoms with van der Waals surface area (Å²) in [5, 5.41) is 2.59. The molecular weight excluding hydrogens is 228 g/mol. The molecule has 0 saturated carbocycles. The highest BCUT2D eigenvalue weighted by molar-refractivity contribution is 5.75. The van der Waals surface area contributed by atoms with E-state index < -0.39 is 0 Å². The summed E-state index contributed by atoms with van der Waals surface area (Å²) in [6, 6.07) is 7.80. The standard InChI is InChI=1S/C14H22N2O2/c1-3-12(15)11-7-4-5-8-13(11)18-10-6-9-14(17)16-2/h4-5,7-8,12H,3,6,9-10,15H2,1-2H3,(H,16,17)/t12-/m1/s1. The quantitative estimate of drug-likeness (QED) is 0.727. The number of nitrogens with two attached hydrogens (primary N) is 1. The van der Waals surface area contributed by atoms with Crippen LogP contribution >= 0.6 is 0 Å². The van der Waals surface area contributed by atoms with Crippen LogP contribution in [0.5, 0.6) is 5.75 Å². The largest absolute Gasteiger partial charge is 0.493 e. The predicted octanol–water partition coefficient (Wildman–Crippen LogP) is 2.00.